The molecule has 1 amide bonds. The van der Waals surface area contributed by atoms with Crippen molar-refractivity contribution >= 4 is 17.8 Å². The number of nitrogens with one attached hydrogen (secondary N) is 1. The summed E-state index contributed by atoms with van der Waals surface area (Å²) in [5.74, 6) is -2.62. The zero-order valence-corrected chi connectivity index (χ0v) is 18.4. The summed E-state index contributed by atoms with van der Waals surface area (Å²) < 4.78 is 21.3. The fourth-order valence-electron chi connectivity index (χ4n) is 4.22. The first-order valence-corrected chi connectivity index (χ1v) is 10.2. The molecule has 1 atom stereocenters. The molecule has 1 saturated heterocycles. The fourth-order valence-corrected chi connectivity index (χ4v) is 4.22. The van der Waals surface area contributed by atoms with Crippen molar-refractivity contribution in [3.8, 4) is 0 Å². The number of H-pyrrole nitrogens is 1. The average molecular weight is 456 g/mol. The molecule has 1 aliphatic carbocycles. The number of benzene rings is 1. The highest BCUT2D eigenvalue weighted by Crippen LogP contribution is 2.48. The number of hydrogen-bond donors (Lipinski definition) is 2. The Hall–Kier alpha value is -3.47. The van der Waals surface area contributed by atoms with E-state index in [-0.39, 0.29) is 42.2 Å². The second-order valence-electron chi connectivity index (χ2n) is 7.84. The molecule has 4 rings (SSSR count). The number of aromatic nitrogens is 1. The van der Waals surface area contributed by atoms with Crippen LogP contribution in [0, 0.1) is 0 Å². The number of ether oxygens (including phenoxy) is 4. The standard InChI is InChI=1S/C23H24N2O8/c1-30-20(27)16-9-15-19(24-16)17(26)10-18-23(15,29)12-22(31-2,32-3)13-25(18)21(28)33-11-14-7-5-4-6-8-14/h4-10,24,29H,11-13H2,1-3H3. The SMILES string of the molecule is COC(=O)c1cc2c([nH]1)C(=O)C=C1N(C(=O)OCc3ccccc3)CC(OC)(OC)CC12O. The molecule has 1 aromatic heterocycles. The quantitative estimate of drug-likeness (QED) is 0.517. The van der Waals surface area contributed by atoms with Crippen molar-refractivity contribution in [3.63, 3.8) is 0 Å². The smallest absolute Gasteiger partial charge is 0.414 e. The molecule has 2 aliphatic rings. The zero-order valence-electron chi connectivity index (χ0n) is 18.4. The van der Waals surface area contributed by atoms with E-state index in [0.29, 0.717) is 0 Å². The minimum Gasteiger partial charge on any atom is -0.464 e. The van der Waals surface area contributed by atoms with Crippen LogP contribution >= 0.6 is 0 Å². The Kier molecular flexibility index (Phi) is 5.83. The first-order valence-electron chi connectivity index (χ1n) is 10.2. The van der Waals surface area contributed by atoms with Gasteiger partial charge < -0.3 is 29.0 Å². The zero-order chi connectivity index (χ0) is 23.8. The monoisotopic (exact) mass is 456 g/mol. The number of carbonyl (C=O) groups is 3. The van der Waals surface area contributed by atoms with Gasteiger partial charge in [0.15, 0.2) is 5.79 Å². The van der Waals surface area contributed by atoms with Crippen LogP contribution < -0.4 is 0 Å². The van der Waals surface area contributed by atoms with Gasteiger partial charge in [0.1, 0.15) is 17.9 Å². The number of nitrogens with zero attached hydrogens (tertiary/aromatic N) is 1. The van der Waals surface area contributed by atoms with E-state index in [0.717, 1.165) is 16.5 Å². The van der Waals surface area contributed by atoms with Crippen molar-refractivity contribution in [2.75, 3.05) is 27.9 Å². The molecular formula is C23H24N2O8. The summed E-state index contributed by atoms with van der Waals surface area (Å²) in [6.07, 6.45) is 0.223. The number of ketones is 1. The topological polar surface area (TPSA) is 127 Å². The summed E-state index contributed by atoms with van der Waals surface area (Å²) in [7, 11) is 3.98. The molecule has 2 aromatic rings. The molecule has 1 unspecified atom stereocenters. The number of methoxy groups -OCH3 is 3. The molecule has 10 nitrogen and oxygen atoms in total. The second-order valence-corrected chi connectivity index (χ2v) is 7.84. The first-order chi connectivity index (χ1) is 15.8. The van der Waals surface area contributed by atoms with Crippen molar-refractivity contribution in [2.45, 2.75) is 24.4 Å². The number of fused-ring (bicyclic) bond motifs is 3. The Morgan fingerprint density at radius 3 is 2.48 bits per heavy atom. The third-order valence-corrected chi connectivity index (χ3v) is 5.99. The van der Waals surface area contributed by atoms with E-state index < -0.39 is 29.2 Å². The summed E-state index contributed by atoms with van der Waals surface area (Å²) >= 11 is 0. The number of aromatic amines is 1. The van der Waals surface area contributed by atoms with Crippen LogP contribution in [0.3, 0.4) is 0 Å². The number of allylic oxidation sites excluding steroid dienone is 1. The van der Waals surface area contributed by atoms with Gasteiger partial charge in [-0.25, -0.2) is 9.59 Å². The Labute approximate surface area is 189 Å². The van der Waals surface area contributed by atoms with Crippen molar-refractivity contribution in [3.05, 3.63) is 70.7 Å². The third kappa shape index (κ3) is 3.82. The van der Waals surface area contributed by atoms with Crippen molar-refractivity contribution in [2.24, 2.45) is 0 Å². The lowest BCUT2D eigenvalue weighted by atomic mass is 9.76. The van der Waals surface area contributed by atoms with Crippen LogP contribution in [0.15, 0.2) is 48.2 Å². The first kappa shape index (κ1) is 22.7. The Morgan fingerprint density at radius 1 is 1.15 bits per heavy atom. The van der Waals surface area contributed by atoms with Gasteiger partial charge in [-0.15, -0.1) is 0 Å². The number of hydrogen-bond acceptors (Lipinski definition) is 8. The molecular weight excluding hydrogens is 432 g/mol. The predicted octanol–water partition coefficient (Wildman–Crippen LogP) is 2.10. The highest BCUT2D eigenvalue weighted by atomic mass is 16.7. The maximum atomic E-state index is 13.1. The number of rotatable bonds is 5. The molecule has 33 heavy (non-hydrogen) atoms. The van der Waals surface area contributed by atoms with Gasteiger partial charge in [-0.2, -0.15) is 0 Å². The van der Waals surface area contributed by atoms with Crippen LogP contribution in [0.1, 0.15) is 38.5 Å². The highest BCUT2D eigenvalue weighted by Gasteiger charge is 2.57. The van der Waals surface area contributed by atoms with E-state index in [1.54, 1.807) is 12.1 Å². The largest absolute Gasteiger partial charge is 0.464 e. The van der Waals surface area contributed by atoms with Crippen LogP contribution in [0.5, 0.6) is 0 Å². The molecule has 1 aromatic carbocycles. The number of likely N-dealkylation sites (tertiary alicyclic amines) is 1. The molecule has 1 aliphatic heterocycles. The van der Waals surface area contributed by atoms with Gasteiger partial charge in [-0.05, 0) is 11.6 Å². The minimum absolute atomic E-state index is 0.00924. The lowest BCUT2D eigenvalue weighted by Gasteiger charge is -2.50. The number of amides is 1. The molecule has 174 valence electrons. The van der Waals surface area contributed by atoms with E-state index in [2.05, 4.69) is 4.98 Å². The van der Waals surface area contributed by atoms with Crippen LogP contribution in [0.4, 0.5) is 4.79 Å². The summed E-state index contributed by atoms with van der Waals surface area (Å²) in [6.45, 7) is -0.136. The van der Waals surface area contributed by atoms with Crippen molar-refractivity contribution < 1.29 is 38.4 Å². The maximum absolute atomic E-state index is 13.1. The number of carbonyl (C=O) groups excluding carboxylic acids is 3. The number of aliphatic hydroxyl groups is 1. The van der Waals surface area contributed by atoms with Gasteiger partial charge in [0.25, 0.3) is 0 Å². The summed E-state index contributed by atoms with van der Waals surface area (Å²) in [4.78, 5) is 41.8. The van der Waals surface area contributed by atoms with Crippen LogP contribution in [0.25, 0.3) is 0 Å². The third-order valence-electron chi connectivity index (χ3n) is 5.99. The van der Waals surface area contributed by atoms with Gasteiger partial charge in [0, 0.05) is 32.3 Å². The summed E-state index contributed by atoms with van der Waals surface area (Å²) in [5.41, 5.74) is -0.984. The Bertz CT molecular complexity index is 1120. The molecule has 2 N–H and O–H groups in total. The van der Waals surface area contributed by atoms with Gasteiger partial charge in [-0.1, -0.05) is 30.3 Å². The summed E-state index contributed by atoms with van der Waals surface area (Å²) in [6, 6.07) is 10.4. The molecule has 1 fully saturated rings. The van der Waals surface area contributed by atoms with E-state index >= 15 is 0 Å². The second kappa shape index (κ2) is 8.47. The average Bonchev–Trinajstić information content (AvgIpc) is 3.30. The Balaban J connectivity index is 1.74. The summed E-state index contributed by atoms with van der Waals surface area (Å²) in [5, 5.41) is 11.8. The molecule has 10 heteroatoms. The molecule has 0 radical (unpaired) electrons. The van der Waals surface area contributed by atoms with Gasteiger partial charge in [-0.3, -0.25) is 9.69 Å². The van der Waals surface area contributed by atoms with Gasteiger partial charge in [0.2, 0.25) is 5.78 Å². The number of piperidine rings is 1. The van der Waals surface area contributed by atoms with Crippen molar-refractivity contribution in [1.29, 1.82) is 0 Å². The molecule has 0 spiro atoms. The predicted molar refractivity (Wildman–Crippen MR) is 113 cm³/mol. The van der Waals surface area contributed by atoms with E-state index in [4.69, 9.17) is 18.9 Å². The molecule has 2 heterocycles. The highest BCUT2D eigenvalue weighted by molar-refractivity contribution is 6.08. The normalized spacial score (nSPS) is 21.0. The lowest BCUT2D eigenvalue weighted by molar-refractivity contribution is -0.254. The maximum Gasteiger partial charge on any atom is 0.414 e. The van der Waals surface area contributed by atoms with Gasteiger partial charge in [0.05, 0.1) is 25.0 Å². The van der Waals surface area contributed by atoms with Gasteiger partial charge >= 0.3 is 12.1 Å². The minimum atomic E-state index is -1.89. The Morgan fingerprint density at radius 2 is 1.85 bits per heavy atom. The lowest BCUT2D eigenvalue weighted by Crippen LogP contribution is -2.60. The van der Waals surface area contributed by atoms with Crippen LogP contribution in [-0.4, -0.2) is 66.5 Å². The number of esters is 1. The van der Waals surface area contributed by atoms with E-state index in [1.807, 2.05) is 18.2 Å². The van der Waals surface area contributed by atoms with E-state index in [9.17, 15) is 19.5 Å². The van der Waals surface area contributed by atoms with Crippen LogP contribution in [0.2, 0.25) is 0 Å². The van der Waals surface area contributed by atoms with Crippen molar-refractivity contribution in [1.82, 2.24) is 9.88 Å². The molecule has 0 saturated carbocycles. The fraction of sp³-hybridized carbons (Fsp3) is 0.348. The van der Waals surface area contributed by atoms with E-state index in [1.165, 1.54) is 27.4 Å². The van der Waals surface area contributed by atoms with Crippen LogP contribution in [-0.2, 0) is 31.2 Å². The molecule has 0 bridgehead atoms.